The summed E-state index contributed by atoms with van der Waals surface area (Å²) in [5.41, 5.74) is 2.40. The molecule has 1 atom stereocenters. The van der Waals surface area contributed by atoms with Crippen LogP contribution in [-0.2, 0) is 21.2 Å². The molecule has 0 unspecified atom stereocenters. The second-order valence-electron chi connectivity index (χ2n) is 8.01. The van der Waals surface area contributed by atoms with E-state index in [1.807, 2.05) is 12.1 Å². The lowest BCUT2D eigenvalue weighted by molar-refractivity contribution is -0.127. The zero-order chi connectivity index (χ0) is 21.1. The SMILES string of the molecule is COc1ccc2c(c1)CCC[C@H]2NC(=O)C1CCN(S(=O)(=O)c2ccccc2)CC1. The van der Waals surface area contributed by atoms with Gasteiger partial charge in [-0.25, -0.2) is 8.42 Å². The molecule has 1 aliphatic carbocycles. The minimum atomic E-state index is -3.50. The van der Waals surface area contributed by atoms with Crippen molar-refractivity contribution in [1.82, 2.24) is 9.62 Å². The molecular weight excluding hydrogens is 400 g/mol. The first-order chi connectivity index (χ1) is 14.5. The largest absolute Gasteiger partial charge is 0.497 e. The highest BCUT2D eigenvalue weighted by molar-refractivity contribution is 7.89. The van der Waals surface area contributed by atoms with Gasteiger partial charge in [0.25, 0.3) is 0 Å². The zero-order valence-electron chi connectivity index (χ0n) is 17.2. The Morgan fingerprint density at radius 2 is 1.80 bits per heavy atom. The summed E-state index contributed by atoms with van der Waals surface area (Å²) in [6, 6.07) is 14.5. The van der Waals surface area contributed by atoms with Crippen LogP contribution in [0.2, 0.25) is 0 Å². The maximum absolute atomic E-state index is 12.9. The number of ether oxygens (including phenoxy) is 1. The standard InChI is InChI=1S/C23H28N2O4S/c1-29-19-10-11-21-18(16-19)6-5-9-22(21)24-23(26)17-12-14-25(15-13-17)30(27,28)20-7-3-2-4-8-20/h2-4,7-8,10-11,16-17,22H,5-6,9,12-15H2,1H3,(H,24,26)/t22-/m1/s1. The number of methoxy groups -OCH3 is 1. The van der Waals surface area contributed by atoms with E-state index < -0.39 is 10.0 Å². The van der Waals surface area contributed by atoms with Crippen LogP contribution in [0, 0.1) is 5.92 Å². The van der Waals surface area contributed by atoms with Crippen molar-refractivity contribution in [2.45, 2.75) is 43.0 Å². The third kappa shape index (κ3) is 4.23. The average Bonchev–Trinajstić information content (AvgIpc) is 2.79. The highest BCUT2D eigenvalue weighted by atomic mass is 32.2. The van der Waals surface area contributed by atoms with Gasteiger partial charge in [-0.1, -0.05) is 24.3 Å². The van der Waals surface area contributed by atoms with E-state index >= 15 is 0 Å². The molecule has 0 saturated carbocycles. The van der Waals surface area contributed by atoms with E-state index in [1.54, 1.807) is 37.4 Å². The van der Waals surface area contributed by atoms with Gasteiger partial charge in [-0.15, -0.1) is 0 Å². The molecule has 0 radical (unpaired) electrons. The molecule has 1 fully saturated rings. The molecule has 2 aliphatic rings. The Hall–Kier alpha value is -2.38. The fourth-order valence-corrected chi connectivity index (χ4v) is 5.95. The minimum absolute atomic E-state index is 0.0123. The van der Waals surface area contributed by atoms with E-state index in [9.17, 15) is 13.2 Å². The summed E-state index contributed by atoms with van der Waals surface area (Å²) in [5.74, 6) is 0.712. The first-order valence-corrected chi connectivity index (χ1v) is 12.0. The van der Waals surface area contributed by atoms with Crippen LogP contribution in [0.25, 0.3) is 0 Å². The molecule has 1 amide bonds. The Morgan fingerprint density at radius 3 is 2.50 bits per heavy atom. The van der Waals surface area contributed by atoms with Crippen LogP contribution >= 0.6 is 0 Å². The van der Waals surface area contributed by atoms with Crippen molar-refractivity contribution in [1.29, 1.82) is 0 Å². The molecule has 0 aromatic heterocycles. The molecule has 2 aromatic carbocycles. The Morgan fingerprint density at radius 1 is 1.07 bits per heavy atom. The van der Waals surface area contributed by atoms with Gasteiger partial charge in [0.05, 0.1) is 18.0 Å². The lowest BCUT2D eigenvalue weighted by Gasteiger charge is -2.32. The number of nitrogens with zero attached hydrogens (tertiary/aromatic N) is 1. The Labute approximate surface area is 178 Å². The van der Waals surface area contributed by atoms with E-state index in [4.69, 9.17) is 4.74 Å². The number of sulfonamides is 1. The monoisotopic (exact) mass is 428 g/mol. The summed E-state index contributed by atoms with van der Waals surface area (Å²) in [7, 11) is -1.83. The lowest BCUT2D eigenvalue weighted by Crippen LogP contribution is -2.44. The van der Waals surface area contributed by atoms with Gasteiger partial charge in [-0.05, 0) is 67.5 Å². The molecule has 0 bridgehead atoms. The molecule has 1 saturated heterocycles. The van der Waals surface area contributed by atoms with E-state index in [-0.39, 0.29) is 17.9 Å². The van der Waals surface area contributed by atoms with E-state index in [2.05, 4.69) is 11.4 Å². The Bertz CT molecular complexity index is 999. The van der Waals surface area contributed by atoms with Gasteiger partial charge in [-0.3, -0.25) is 4.79 Å². The summed E-state index contributed by atoms with van der Waals surface area (Å²) >= 11 is 0. The van der Waals surface area contributed by atoms with Crippen molar-refractivity contribution in [2.24, 2.45) is 5.92 Å². The van der Waals surface area contributed by atoms with Crippen molar-refractivity contribution in [2.75, 3.05) is 20.2 Å². The van der Waals surface area contributed by atoms with Crippen molar-refractivity contribution in [3.05, 3.63) is 59.7 Å². The molecule has 0 spiro atoms. The molecule has 30 heavy (non-hydrogen) atoms. The second kappa shape index (κ2) is 8.78. The molecule has 160 valence electrons. The number of rotatable bonds is 5. The molecule has 6 nitrogen and oxygen atoms in total. The van der Waals surface area contributed by atoms with Crippen LogP contribution in [0.5, 0.6) is 5.75 Å². The van der Waals surface area contributed by atoms with Crippen molar-refractivity contribution >= 4 is 15.9 Å². The van der Waals surface area contributed by atoms with E-state index in [1.165, 1.54) is 15.4 Å². The Kier molecular flexibility index (Phi) is 6.11. The van der Waals surface area contributed by atoms with Crippen LogP contribution in [0.3, 0.4) is 0 Å². The topological polar surface area (TPSA) is 75.7 Å². The van der Waals surface area contributed by atoms with Gasteiger partial charge in [0.1, 0.15) is 5.75 Å². The van der Waals surface area contributed by atoms with Crippen LogP contribution in [-0.4, -0.2) is 38.8 Å². The predicted octanol–water partition coefficient (Wildman–Crippen LogP) is 3.29. The second-order valence-corrected chi connectivity index (χ2v) is 9.95. The van der Waals surface area contributed by atoms with Crippen LogP contribution in [0.15, 0.2) is 53.4 Å². The van der Waals surface area contributed by atoms with Gasteiger partial charge in [-0.2, -0.15) is 4.31 Å². The minimum Gasteiger partial charge on any atom is -0.497 e. The number of aryl methyl sites for hydroxylation is 1. The molecule has 7 heteroatoms. The summed E-state index contributed by atoms with van der Waals surface area (Å²) < 4.78 is 32.4. The fraction of sp³-hybridized carbons (Fsp3) is 0.435. The number of carbonyl (C=O) groups excluding carboxylic acids is 1. The highest BCUT2D eigenvalue weighted by Gasteiger charge is 2.33. The molecule has 2 aromatic rings. The summed E-state index contributed by atoms with van der Waals surface area (Å²) in [5, 5.41) is 3.22. The lowest BCUT2D eigenvalue weighted by atomic mass is 9.86. The molecule has 4 rings (SSSR count). The Balaban J connectivity index is 1.38. The third-order valence-electron chi connectivity index (χ3n) is 6.19. The number of amides is 1. The number of hydrogen-bond donors (Lipinski definition) is 1. The highest BCUT2D eigenvalue weighted by Crippen LogP contribution is 2.33. The summed E-state index contributed by atoms with van der Waals surface area (Å²) in [6.45, 7) is 0.738. The number of fused-ring (bicyclic) bond motifs is 1. The smallest absolute Gasteiger partial charge is 0.243 e. The van der Waals surface area contributed by atoms with Gasteiger partial charge >= 0.3 is 0 Å². The number of carbonyl (C=O) groups is 1. The van der Waals surface area contributed by atoms with Crippen LogP contribution < -0.4 is 10.1 Å². The first-order valence-electron chi connectivity index (χ1n) is 10.5. The predicted molar refractivity (Wildman–Crippen MR) is 115 cm³/mol. The van der Waals surface area contributed by atoms with E-state index in [0.717, 1.165) is 25.0 Å². The maximum atomic E-state index is 12.9. The average molecular weight is 429 g/mol. The molecule has 1 N–H and O–H groups in total. The van der Waals surface area contributed by atoms with Crippen molar-refractivity contribution in [3.63, 3.8) is 0 Å². The van der Waals surface area contributed by atoms with Gasteiger partial charge in [0, 0.05) is 19.0 Å². The number of hydrogen-bond acceptors (Lipinski definition) is 4. The van der Waals surface area contributed by atoms with Gasteiger partial charge in [0.15, 0.2) is 0 Å². The van der Waals surface area contributed by atoms with Crippen LogP contribution in [0.4, 0.5) is 0 Å². The summed E-state index contributed by atoms with van der Waals surface area (Å²) in [6.07, 6.45) is 4.03. The number of nitrogens with one attached hydrogen (secondary N) is 1. The van der Waals surface area contributed by atoms with Gasteiger partial charge in [0.2, 0.25) is 15.9 Å². The normalized spacial score (nSPS) is 20.4. The third-order valence-corrected chi connectivity index (χ3v) is 8.10. The molecule has 1 aliphatic heterocycles. The first kappa shape index (κ1) is 20.9. The number of benzene rings is 2. The van der Waals surface area contributed by atoms with E-state index in [0.29, 0.717) is 30.8 Å². The molecular formula is C23H28N2O4S. The van der Waals surface area contributed by atoms with Crippen LogP contribution in [0.1, 0.15) is 42.9 Å². The fourth-order valence-electron chi connectivity index (χ4n) is 4.46. The maximum Gasteiger partial charge on any atom is 0.243 e. The number of piperidine rings is 1. The van der Waals surface area contributed by atoms with Gasteiger partial charge < -0.3 is 10.1 Å². The molecule has 1 heterocycles. The summed E-state index contributed by atoms with van der Waals surface area (Å²) in [4.78, 5) is 13.2. The van der Waals surface area contributed by atoms with Crippen molar-refractivity contribution in [3.8, 4) is 5.75 Å². The quantitative estimate of drug-likeness (QED) is 0.793. The zero-order valence-corrected chi connectivity index (χ0v) is 18.0. The van der Waals surface area contributed by atoms with Crippen molar-refractivity contribution < 1.29 is 17.9 Å².